The molecule has 1 aliphatic heterocycles. The molecule has 0 amide bonds. The third-order valence-corrected chi connectivity index (χ3v) is 6.83. The van der Waals surface area contributed by atoms with Gasteiger partial charge in [0.1, 0.15) is 0 Å². The summed E-state index contributed by atoms with van der Waals surface area (Å²) < 4.78 is 24.0. The lowest BCUT2D eigenvalue weighted by molar-refractivity contribution is 0.332. The van der Waals surface area contributed by atoms with Crippen molar-refractivity contribution in [3.05, 3.63) is 65.2 Å². The lowest BCUT2D eigenvalue weighted by atomic mass is 10.1. The van der Waals surface area contributed by atoms with E-state index < -0.39 is 9.84 Å². The fourth-order valence-corrected chi connectivity index (χ4v) is 5.28. The quantitative estimate of drug-likeness (QED) is 0.810. The molecule has 3 rings (SSSR count). The molecule has 0 spiro atoms. The second-order valence-corrected chi connectivity index (χ2v) is 9.53. The number of hydrogen-bond acceptors (Lipinski definition) is 3. The van der Waals surface area contributed by atoms with Gasteiger partial charge in [-0.2, -0.15) is 0 Å². The van der Waals surface area contributed by atoms with Crippen LogP contribution in [0.15, 0.2) is 48.5 Å². The maximum atomic E-state index is 12.0. The summed E-state index contributed by atoms with van der Waals surface area (Å²) in [5.41, 5.74) is 4.34. The highest BCUT2D eigenvalue weighted by Crippen LogP contribution is 2.23. The van der Waals surface area contributed by atoms with Crippen LogP contribution in [0.1, 0.15) is 23.1 Å². The van der Waals surface area contributed by atoms with Crippen LogP contribution >= 0.6 is 12.2 Å². The molecule has 0 radical (unpaired) electrons. The van der Waals surface area contributed by atoms with E-state index in [2.05, 4.69) is 23.5 Å². The molecular weight excluding hydrogens is 364 g/mol. The van der Waals surface area contributed by atoms with Crippen molar-refractivity contribution in [1.29, 1.82) is 0 Å². The first-order valence-corrected chi connectivity index (χ1v) is 11.0. The third kappa shape index (κ3) is 4.62. The highest BCUT2D eigenvalue weighted by atomic mass is 32.2. The molecule has 138 valence electrons. The van der Waals surface area contributed by atoms with Gasteiger partial charge in [-0.05, 0) is 55.2 Å². The Balaban J connectivity index is 1.84. The zero-order chi connectivity index (χ0) is 18.7. The van der Waals surface area contributed by atoms with Crippen LogP contribution in [0.2, 0.25) is 0 Å². The molecule has 0 saturated carbocycles. The van der Waals surface area contributed by atoms with Crippen molar-refractivity contribution in [3.8, 4) is 0 Å². The van der Waals surface area contributed by atoms with Crippen molar-refractivity contribution in [2.45, 2.75) is 32.9 Å². The number of benzene rings is 2. The lowest BCUT2D eigenvalue weighted by Crippen LogP contribution is -2.43. The fourth-order valence-electron chi connectivity index (χ4n) is 3.23. The maximum Gasteiger partial charge on any atom is 0.174 e. The predicted molar refractivity (Wildman–Crippen MR) is 111 cm³/mol. The second-order valence-electron chi connectivity index (χ2n) is 6.92. The highest BCUT2D eigenvalue weighted by molar-refractivity contribution is 7.91. The molecule has 1 aliphatic rings. The standard InChI is InChI=1S/C20H24N2O2S2/c1-15-8-9-16(2)19(12-15)21-20(25)22(13-17-6-4-3-5-7-17)18-10-11-26(23,24)14-18/h3-9,12,18H,10-11,13-14H2,1-2H3,(H,21,25)/t18-/m1/s1. The molecule has 1 fully saturated rings. The first-order valence-electron chi connectivity index (χ1n) is 8.73. The Hall–Kier alpha value is -1.92. The SMILES string of the molecule is Cc1ccc(C)c(NC(=S)N(Cc2ccccc2)[C@@H]2CCS(=O)(=O)C2)c1. The first kappa shape index (κ1) is 18.9. The van der Waals surface area contributed by atoms with E-state index in [4.69, 9.17) is 12.2 Å². The molecule has 26 heavy (non-hydrogen) atoms. The largest absolute Gasteiger partial charge is 0.341 e. The van der Waals surface area contributed by atoms with Gasteiger partial charge in [-0.15, -0.1) is 0 Å². The van der Waals surface area contributed by atoms with Gasteiger partial charge in [0.2, 0.25) is 0 Å². The minimum atomic E-state index is -2.98. The molecule has 0 aliphatic carbocycles. The number of hydrogen-bond donors (Lipinski definition) is 1. The summed E-state index contributed by atoms with van der Waals surface area (Å²) in [7, 11) is -2.98. The Morgan fingerprint density at radius 2 is 1.92 bits per heavy atom. The van der Waals surface area contributed by atoms with Gasteiger partial charge in [0, 0.05) is 18.3 Å². The smallest absolute Gasteiger partial charge is 0.174 e. The summed E-state index contributed by atoms with van der Waals surface area (Å²) >= 11 is 5.69. The van der Waals surface area contributed by atoms with Crippen LogP contribution in [-0.2, 0) is 16.4 Å². The van der Waals surface area contributed by atoms with E-state index in [-0.39, 0.29) is 17.5 Å². The molecule has 1 saturated heterocycles. The van der Waals surface area contributed by atoms with Crippen LogP contribution in [0.5, 0.6) is 0 Å². The van der Waals surface area contributed by atoms with Crippen LogP contribution < -0.4 is 5.32 Å². The molecule has 0 aromatic heterocycles. The van der Waals surface area contributed by atoms with Gasteiger partial charge < -0.3 is 10.2 Å². The van der Waals surface area contributed by atoms with E-state index in [1.807, 2.05) is 49.1 Å². The van der Waals surface area contributed by atoms with Crippen molar-refractivity contribution < 1.29 is 8.42 Å². The lowest BCUT2D eigenvalue weighted by Gasteiger charge is -2.31. The van der Waals surface area contributed by atoms with Crippen LogP contribution in [-0.4, -0.2) is 36.0 Å². The van der Waals surface area contributed by atoms with E-state index in [0.29, 0.717) is 18.1 Å². The van der Waals surface area contributed by atoms with E-state index in [9.17, 15) is 8.42 Å². The Labute approximate surface area is 161 Å². The maximum absolute atomic E-state index is 12.0. The summed E-state index contributed by atoms with van der Waals surface area (Å²) in [6.45, 7) is 4.67. The van der Waals surface area contributed by atoms with Gasteiger partial charge in [-0.1, -0.05) is 42.5 Å². The molecule has 0 bridgehead atoms. The van der Waals surface area contributed by atoms with Crippen molar-refractivity contribution in [3.63, 3.8) is 0 Å². The molecule has 1 atom stereocenters. The fraction of sp³-hybridized carbons (Fsp3) is 0.350. The van der Waals surface area contributed by atoms with E-state index in [1.165, 1.54) is 0 Å². The third-order valence-electron chi connectivity index (χ3n) is 4.74. The van der Waals surface area contributed by atoms with Crippen molar-refractivity contribution >= 4 is 32.9 Å². The number of nitrogens with one attached hydrogen (secondary N) is 1. The van der Waals surface area contributed by atoms with Gasteiger partial charge in [0.25, 0.3) is 0 Å². The molecule has 0 unspecified atom stereocenters. The normalized spacial score (nSPS) is 18.5. The topological polar surface area (TPSA) is 49.4 Å². The Morgan fingerprint density at radius 3 is 2.58 bits per heavy atom. The van der Waals surface area contributed by atoms with Gasteiger partial charge in [0.15, 0.2) is 14.9 Å². The van der Waals surface area contributed by atoms with Crippen LogP contribution in [0, 0.1) is 13.8 Å². The molecular formula is C20H24N2O2S2. The number of anilines is 1. The Kier molecular flexibility index (Phi) is 5.63. The van der Waals surface area contributed by atoms with Crippen LogP contribution in [0.4, 0.5) is 5.69 Å². The molecule has 6 heteroatoms. The van der Waals surface area contributed by atoms with E-state index >= 15 is 0 Å². The number of aryl methyl sites for hydroxylation is 2. The summed E-state index contributed by atoms with van der Waals surface area (Å²) in [4.78, 5) is 2.02. The average Bonchev–Trinajstić information content (AvgIpc) is 2.96. The van der Waals surface area contributed by atoms with Gasteiger partial charge in [-0.25, -0.2) is 8.42 Å². The monoisotopic (exact) mass is 388 g/mol. The first-order chi connectivity index (χ1) is 12.3. The molecule has 4 nitrogen and oxygen atoms in total. The predicted octanol–water partition coefficient (Wildman–Crippen LogP) is 3.69. The zero-order valence-electron chi connectivity index (χ0n) is 15.1. The Bertz CT molecular complexity index is 895. The number of nitrogens with zero attached hydrogens (tertiary/aromatic N) is 1. The van der Waals surface area contributed by atoms with Gasteiger partial charge >= 0.3 is 0 Å². The van der Waals surface area contributed by atoms with Gasteiger partial charge in [-0.3, -0.25) is 0 Å². The zero-order valence-corrected chi connectivity index (χ0v) is 16.7. The van der Waals surface area contributed by atoms with E-state index in [0.717, 1.165) is 22.4 Å². The number of thiocarbonyl (C=S) groups is 1. The minimum Gasteiger partial charge on any atom is -0.341 e. The second kappa shape index (κ2) is 7.76. The summed E-state index contributed by atoms with van der Waals surface area (Å²) in [5.74, 6) is 0.392. The Morgan fingerprint density at radius 1 is 1.19 bits per heavy atom. The summed E-state index contributed by atoms with van der Waals surface area (Å²) in [5, 5.41) is 3.91. The number of sulfone groups is 1. The molecule has 2 aromatic rings. The van der Waals surface area contributed by atoms with Crippen molar-refractivity contribution in [1.82, 2.24) is 4.90 Å². The number of rotatable bonds is 4. The molecule has 1 heterocycles. The highest BCUT2D eigenvalue weighted by Gasteiger charge is 2.33. The molecule has 2 aromatic carbocycles. The van der Waals surface area contributed by atoms with Crippen LogP contribution in [0.3, 0.4) is 0 Å². The summed E-state index contributed by atoms with van der Waals surface area (Å²) in [6.07, 6.45) is 0.615. The van der Waals surface area contributed by atoms with Crippen LogP contribution in [0.25, 0.3) is 0 Å². The molecule has 1 N–H and O–H groups in total. The van der Waals surface area contributed by atoms with Crippen molar-refractivity contribution in [2.24, 2.45) is 0 Å². The van der Waals surface area contributed by atoms with Crippen molar-refractivity contribution in [2.75, 3.05) is 16.8 Å². The van der Waals surface area contributed by atoms with Gasteiger partial charge in [0.05, 0.1) is 11.5 Å². The summed E-state index contributed by atoms with van der Waals surface area (Å²) in [6, 6.07) is 16.1. The van der Waals surface area contributed by atoms with E-state index in [1.54, 1.807) is 0 Å². The average molecular weight is 389 g/mol. The minimum absolute atomic E-state index is 0.0923.